The van der Waals surface area contributed by atoms with Gasteiger partial charge >= 0.3 is 0 Å². The highest BCUT2D eigenvalue weighted by Crippen LogP contribution is 2.14. The number of hydrogen-bond donors (Lipinski definition) is 2. The summed E-state index contributed by atoms with van der Waals surface area (Å²) >= 11 is 0. The van der Waals surface area contributed by atoms with Gasteiger partial charge in [-0.15, -0.1) is 0 Å². The van der Waals surface area contributed by atoms with Crippen molar-refractivity contribution in [2.24, 2.45) is 12.8 Å². The minimum atomic E-state index is -3.04. The van der Waals surface area contributed by atoms with Crippen LogP contribution in [0.4, 0.5) is 0 Å². The summed E-state index contributed by atoms with van der Waals surface area (Å²) in [5, 5.41) is 6.65. The SMILES string of the molecule is Cn1cc(C(N)C(=O)NC2CCCS(=O)(=O)C2)cn1. The van der Waals surface area contributed by atoms with Crippen molar-refractivity contribution in [1.29, 1.82) is 0 Å². The number of carbonyl (C=O) groups excluding carboxylic acids is 1. The van der Waals surface area contributed by atoms with Gasteiger partial charge in [0.2, 0.25) is 5.91 Å². The van der Waals surface area contributed by atoms with Crippen LogP contribution in [0.3, 0.4) is 0 Å². The van der Waals surface area contributed by atoms with E-state index >= 15 is 0 Å². The topological polar surface area (TPSA) is 107 Å². The van der Waals surface area contributed by atoms with Gasteiger partial charge < -0.3 is 11.1 Å². The second-order valence-electron chi connectivity index (χ2n) is 4.89. The van der Waals surface area contributed by atoms with E-state index in [4.69, 9.17) is 5.73 Å². The zero-order chi connectivity index (χ0) is 14.0. The number of amides is 1. The van der Waals surface area contributed by atoms with Gasteiger partial charge in [0.05, 0.1) is 17.7 Å². The molecule has 1 fully saturated rings. The maximum atomic E-state index is 12.0. The zero-order valence-corrected chi connectivity index (χ0v) is 11.6. The maximum Gasteiger partial charge on any atom is 0.241 e. The van der Waals surface area contributed by atoms with Crippen LogP contribution in [0.1, 0.15) is 24.4 Å². The van der Waals surface area contributed by atoms with Crippen LogP contribution in [-0.4, -0.2) is 41.7 Å². The summed E-state index contributed by atoms with van der Waals surface area (Å²) in [6.07, 6.45) is 4.45. The molecular weight excluding hydrogens is 268 g/mol. The molecule has 0 bridgehead atoms. The number of rotatable bonds is 3. The van der Waals surface area contributed by atoms with Crippen molar-refractivity contribution >= 4 is 15.7 Å². The van der Waals surface area contributed by atoms with Gasteiger partial charge in [0, 0.05) is 24.8 Å². The normalized spacial score (nSPS) is 23.8. The zero-order valence-electron chi connectivity index (χ0n) is 10.7. The first kappa shape index (κ1) is 14.0. The Morgan fingerprint density at radius 3 is 2.95 bits per heavy atom. The van der Waals surface area contributed by atoms with Crippen molar-refractivity contribution < 1.29 is 13.2 Å². The standard InChI is InChI=1S/C11H18N4O3S/c1-15-6-8(5-13-15)10(12)11(16)14-9-3-2-4-19(17,18)7-9/h5-6,9-10H,2-4,7,12H2,1H3,(H,14,16). The van der Waals surface area contributed by atoms with Crippen molar-refractivity contribution in [3.05, 3.63) is 18.0 Å². The van der Waals surface area contributed by atoms with E-state index in [0.29, 0.717) is 18.4 Å². The third-order valence-corrected chi connectivity index (χ3v) is 5.00. The highest BCUT2D eigenvalue weighted by Gasteiger charge is 2.27. The minimum absolute atomic E-state index is 0.00149. The first-order valence-corrected chi connectivity index (χ1v) is 7.94. The Labute approximate surface area is 112 Å². The fraction of sp³-hybridized carbons (Fsp3) is 0.636. The van der Waals surface area contributed by atoms with Crippen LogP contribution in [0.2, 0.25) is 0 Å². The summed E-state index contributed by atoms with van der Waals surface area (Å²) in [6.45, 7) is 0. The summed E-state index contributed by atoms with van der Waals surface area (Å²) in [5.74, 6) is -0.165. The van der Waals surface area contributed by atoms with Gasteiger partial charge in [0.15, 0.2) is 9.84 Å². The van der Waals surface area contributed by atoms with E-state index in [1.54, 1.807) is 17.9 Å². The number of sulfone groups is 1. The molecule has 1 saturated heterocycles. The minimum Gasteiger partial charge on any atom is -0.351 e. The maximum absolute atomic E-state index is 12.0. The van der Waals surface area contributed by atoms with Crippen molar-refractivity contribution in [2.75, 3.05) is 11.5 Å². The summed E-state index contributed by atoms with van der Waals surface area (Å²) < 4.78 is 24.5. The molecule has 1 aromatic heterocycles. The lowest BCUT2D eigenvalue weighted by molar-refractivity contribution is -0.123. The molecule has 2 heterocycles. The first-order valence-electron chi connectivity index (χ1n) is 6.12. The molecule has 1 aliphatic rings. The Kier molecular flexibility index (Phi) is 3.91. The molecule has 106 valence electrons. The second-order valence-corrected chi connectivity index (χ2v) is 7.12. The molecule has 0 aromatic carbocycles. The van der Waals surface area contributed by atoms with Crippen molar-refractivity contribution in [1.82, 2.24) is 15.1 Å². The largest absolute Gasteiger partial charge is 0.351 e. The van der Waals surface area contributed by atoms with Crippen LogP contribution in [-0.2, 0) is 21.7 Å². The predicted octanol–water partition coefficient (Wildman–Crippen LogP) is -0.887. The van der Waals surface area contributed by atoms with Gasteiger partial charge in [-0.3, -0.25) is 9.48 Å². The summed E-state index contributed by atoms with van der Waals surface area (Å²) in [4.78, 5) is 12.0. The van der Waals surface area contributed by atoms with E-state index in [1.165, 1.54) is 6.20 Å². The summed E-state index contributed by atoms with van der Waals surface area (Å²) in [5.41, 5.74) is 6.43. The van der Waals surface area contributed by atoms with E-state index in [9.17, 15) is 13.2 Å². The number of hydrogen-bond acceptors (Lipinski definition) is 5. The monoisotopic (exact) mass is 286 g/mol. The van der Waals surface area contributed by atoms with E-state index in [2.05, 4.69) is 10.4 Å². The van der Waals surface area contributed by atoms with Crippen LogP contribution in [0.5, 0.6) is 0 Å². The average Bonchev–Trinajstić information content (AvgIpc) is 2.73. The van der Waals surface area contributed by atoms with Crippen LogP contribution in [0.15, 0.2) is 12.4 Å². The highest BCUT2D eigenvalue weighted by atomic mass is 32.2. The van der Waals surface area contributed by atoms with Crippen LogP contribution >= 0.6 is 0 Å². The van der Waals surface area contributed by atoms with E-state index in [-0.39, 0.29) is 23.5 Å². The number of nitrogens with two attached hydrogens (primary N) is 1. The Bertz CT molecular complexity index is 566. The Morgan fingerprint density at radius 2 is 2.37 bits per heavy atom. The summed E-state index contributed by atoms with van der Waals surface area (Å²) in [7, 11) is -1.30. The molecular formula is C11H18N4O3S. The third kappa shape index (κ3) is 3.54. The number of carbonyl (C=O) groups is 1. The van der Waals surface area contributed by atoms with Crippen LogP contribution in [0, 0.1) is 0 Å². The van der Waals surface area contributed by atoms with Crippen LogP contribution in [0.25, 0.3) is 0 Å². The highest BCUT2D eigenvalue weighted by molar-refractivity contribution is 7.91. The number of nitrogens with one attached hydrogen (secondary N) is 1. The molecule has 2 rings (SSSR count). The van der Waals surface area contributed by atoms with Crippen molar-refractivity contribution in [3.63, 3.8) is 0 Å². The average molecular weight is 286 g/mol. The predicted molar refractivity (Wildman–Crippen MR) is 70.0 cm³/mol. The molecule has 3 N–H and O–H groups in total. The van der Waals surface area contributed by atoms with Crippen molar-refractivity contribution in [3.8, 4) is 0 Å². The fourth-order valence-corrected chi connectivity index (χ4v) is 3.82. The first-order chi connectivity index (χ1) is 8.87. The Balaban J connectivity index is 1.97. The lowest BCUT2D eigenvalue weighted by atomic mass is 10.1. The molecule has 1 aromatic rings. The number of aryl methyl sites for hydroxylation is 1. The lowest BCUT2D eigenvalue weighted by Crippen LogP contribution is -2.46. The fourth-order valence-electron chi connectivity index (χ4n) is 2.18. The molecule has 1 aliphatic heterocycles. The number of aromatic nitrogens is 2. The van der Waals surface area contributed by atoms with Gasteiger partial charge in [-0.2, -0.15) is 5.10 Å². The van der Waals surface area contributed by atoms with E-state index < -0.39 is 15.9 Å². The Hall–Kier alpha value is -1.41. The van der Waals surface area contributed by atoms with E-state index in [0.717, 1.165) is 0 Å². The Morgan fingerprint density at radius 1 is 1.63 bits per heavy atom. The van der Waals surface area contributed by atoms with Crippen LogP contribution < -0.4 is 11.1 Å². The molecule has 8 heteroatoms. The van der Waals surface area contributed by atoms with Gasteiger partial charge in [0.1, 0.15) is 6.04 Å². The third-order valence-electron chi connectivity index (χ3n) is 3.18. The molecule has 0 aliphatic carbocycles. The molecule has 0 radical (unpaired) electrons. The van der Waals surface area contributed by atoms with Gasteiger partial charge in [0.25, 0.3) is 0 Å². The second kappa shape index (κ2) is 5.30. The molecule has 19 heavy (non-hydrogen) atoms. The van der Waals surface area contributed by atoms with Crippen molar-refractivity contribution in [2.45, 2.75) is 24.9 Å². The van der Waals surface area contributed by atoms with Gasteiger partial charge in [-0.25, -0.2) is 8.42 Å². The van der Waals surface area contributed by atoms with E-state index in [1.807, 2.05) is 0 Å². The lowest BCUT2D eigenvalue weighted by Gasteiger charge is -2.24. The summed E-state index contributed by atoms with van der Waals surface area (Å²) in [6, 6.07) is -1.16. The molecule has 2 atom stereocenters. The smallest absolute Gasteiger partial charge is 0.241 e. The molecule has 0 saturated carbocycles. The molecule has 7 nitrogen and oxygen atoms in total. The molecule has 2 unspecified atom stereocenters. The van der Waals surface area contributed by atoms with Gasteiger partial charge in [-0.05, 0) is 12.8 Å². The quantitative estimate of drug-likeness (QED) is 0.750. The van der Waals surface area contributed by atoms with Gasteiger partial charge in [-0.1, -0.05) is 0 Å². The molecule has 1 amide bonds. The molecule has 0 spiro atoms. The number of nitrogens with zero attached hydrogens (tertiary/aromatic N) is 2.